The average Bonchev–Trinajstić information content (AvgIpc) is 2.38. The minimum Gasteiger partial charge on any atom is -0.463 e. The molecule has 0 aromatic carbocycles. The van der Waals surface area contributed by atoms with Gasteiger partial charge in [-0.3, -0.25) is 19.2 Å². The molecule has 130 valence electrons. The molecule has 1 heterocycles. The highest BCUT2D eigenvalue weighted by molar-refractivity contribution is 5.68. The van der Waals surface area contributed by atoms with Crippen molar-refractivity contribution in [1.29, 1.82) is 0 Å². The number of ether oxygens (including phenoxy) is 5. The Morgan fingerprint density at radius 3 is 1.91 bits per heavy atom. The Kier molecular flexibility index (Phi) is 6.95. The van der Waals surface area contributed by atoms with Gasteiger partial charge in [-0.15, -0.1) is 0 Å². The van der Waals surface area contributed by atoms with E-state index in [4.69, 9.17) is 23.7 Å². The first-order valence-corrected chi connectivity index (χ1v) is 6.99. The molecule has 0 N–H and O–H groups in total. The summed E-state index contributed by atoms with van der Waals surface area (Å²) in [5.41, 5.74) is 0. The van der Waals surface area contributed by atoms with Crippen molar-refractivity contribution in [3.05, 3.63) is 0 Å². The van der Waals surface area contributed by atoms with Gasteiger partial charge in [0.15, 0.2) is 0 Å². The van der Waals surface area contributed by atoms with Crippen molar-refractivity contribution in [2.75, 3.05) is 6.61 Å². The molecule has 0 saturated carbocycles. The highest BCUT2D eigenvalue weighted by Crippen LogP contribution is 2.27. The summed E-state index contributed by atoms with van der Waals surface area (Å²) in [7, 11) is 0. The standard InChI is InChI=1S/C14H20O9/c1-7(15)19-6-11-5-12(20-8(2)16)13(21-9(3)17)14(23-11)22-10(4)18/h11-14H,5-6H2,1-4H3/t11?,12-,13+,14-/m0/s1. The summed E-state index contributed by atoms with van der Waals surface area (Å²) < 4.78 is 25.5. The number of rotatable bonds is 5. The van der Waals surface area contributed by atoms with Gasteiger partial charge in [0.2, 0.25) is 12.4 Å². The van der Waals surface area contributed by atoms with Gasteiger partial charge in [0.1, 0.15) is 12.7 Å². The maximum absolute atomic E-state index is 11.2. The highest BCUT2D eigenvalue weighted by Gasteiger charge is 2.45. The van der Waals surface area contributed by atoms with Crippen LogP contribution in [-0.2, 0) is 42.9 Å². The van der Waals surface area contributed by atoms with Crippen LogP contribution in [0.4, 0.5) is 0 Å². The van der Waals surface area contributed by atoms with Crippen molar-refractivity contribution in [2.24, 2.45) is 0 Å². The van der Waals surface area contributed by atoms with Gasteiger partial charge in [-0.1, -0.05) is 0 Å². The quantitative estimate of drug-likeness (QED) is 0.510. The minimum absolute atomic E-state index is 0.113. The Morgan fingerprint density at radius 2 is 1.43 bits per heavy atom. The monoisotopic (exact) mass is 332 g/mol. The predicted molar refractivity (Wildman–Crippen MR) is 72.8 cm³/mol. The normalized spacial score (nSPS) is 26.8. The fourth-order valence-corrected chi connectivity index (χ4v) is 2.12. The second-order valence-corrected chi connectivity index (χ2v) is 5.00. The van der Waals surface area contributed by atoms with E-state index < -0.39 is 48.5 Å². The molecule has 9 nitrogen and oxygen atoms in total. The first kappa shape index (κ1) is 18.9. The van der Waals surface area contributed by atoms with Gasteiger partial charge in [0.05, 0.1) is 6.10 Å². The van der Waals surface area contributed by atoms with Gasteiger partial charge in [-0.05, 0) is 0 Å². The van der Waals surface area contributed by atoms with E-state index in [1.54, 1.807) is 0 Å². The summed E-state index contributed by atoms with van der Waals surface area (Å²) >= 11 is 0. The Labute approximate surface area is 133 Å². The summed E-state index contributed by atoms with van der Waals surface area (Å²) in [4.78, 5) is 44.6. The van der Waals surface area contributed by atoms with Crippen LogP contribution in [-0.4, -0.2) is 55.1 Å². The zero-order chi connectivity index (χ0) is 17.6. The summed E-state index contributed by atoms with van der Waals surface area (Å²) in [5, 5.41) is 0. The lowest BCUT2D eigenvalue weighted by Crippen LogP contribution is -2.54. The lowest BCUT2D eigenvalue weighted by atomic mass is 10.0. The molecule has 0 spiro atoms. The first-order chi connectivity index (χ1) is 10.7. The molecule has 1 saturated heterocycles. The van der Waals surface area contributed by atoms with Gasteiger partial charge >= 0.3 is 23.9 Å². The Hall–Kier alpha value is -2.16. The predicted octanol–water partition coefficient (Wildman–Crippen LogP) is 0.0910. The van der Waals surface area contributed by atoms with Crippen LogP contribution in [0.5, 0.6) is 0 Å². The summed E-state index contributed by atoms with van der Waals surface area (Å²) in [5.74, 6) is -2.42. The molecule has 23 heavy (non-hydrogen) atoms. The fraction of sp³-hybridized carbons (Fsp3) is 0.714. The van der Waals surface area contributed by atoms with Crippen molar-refractivity contribution in [1.82, 2.24) is 0 Å². The van der Waals surface area contributed by atoms with Crippen LogP contribution in [0.3, 0.4) is 0 Å². The lowest BCUT2D eigenvalue weighted by Gasteiger charge is -2.39. The van der Waals surface area contributed by atoms with Crippen molar-refractivity contribution in [3.8, 4) is 0 Å². The van der Waals surface area contributed by atoms with Crippen LogP contribution in [0.1, 0.15) is 34.1 Å². The highest BCUT2D eigenvalue weighted by atomic mass is 16.7. The Balaban J connectivity index is 2.92. The van der Waals surface area contributed by atoms with Crippen LogP contribution in [0.2, 0.25) is 0 Å². The average molecular weight is 332 g/mol. The zero-order valence-corrected chi connectivity index (χ0v) is 13.4. The number of hydrogen-bond donors (Lipinski definition) is 0. The van der Waals surface area contributed by atoms with E-state index in [2.05, 4.69) is 0 Å². The van der Waals surface area contributed by atoms with Crippen molar-refractivity contribution >= 4 is 23.9 Å². The number of esters is 4. The van der Waals surface area contributed by atoms with Crippen molar-refractivity contribution in [3.63, 3.8) is 0 Å². The molecule has 1 aliphatic heterocycles. The SMILES string of the molecule is CC(=O)OCC1C[C@H](OC(C)=O)[C@@H](OC(C)=O)[C@@H](OC(C)=O)O1. The van der Waals surface area contributed by atoms with Crippen LogP contribution in [0.15, 0.2) is 0 Å². The molecular formula is C14H20O9. The van der Waals surface area contributed by atoms with Gasteiger partial charge < -0.3 is 23.7 Å². The Morgan fingerprint density at radius 1 is 0.870 bits per heavy atom. The van der Waals surface area contributed by atoms with E-state index in [9.17, 15) is 19.2 Å². The molecule has 9 heteroatoms. The zero-order valence-electron chi connectivity index (χ0n) is 13.4. The third-order valence-electron chi connectivity index (χ3n) is 2.83. The number of hydrogen-bond acceptors (Lipinski definition) is 9. The molecule has 0 aromatic heterocycles. The van der Waals surface area contributed by atoms with E-state index in [-0.39, 0.29) is 13.0 Å². The van der Waals surface area contributed by atoms with Gasteiger partial charge in [0, 0.05) is 34.1 Å². The third kappa shape index (κ3) is 6.64. The topological polar surface area (TPSA) is 114 Å². The summed E-state index contributed by atoms with van der Waals surface area (Å²) in [6, 6.07) is 0. The third-order valence-corrected chi connectivity index (χ3v) is 2.83. The van der Waals surface area contributed by atoms with E-state index in [0.29, 0.717) is 0 Å². The molecule has 0 aliphatic carbocycles. The molecule has 0 amide bonds. The second kappa shape index (κ2) is 8.47. The molecular weight excluding hydrogens is 312 g/mol. The van der Waals surface area contributed by atoms with E-state index in [1.165, 1.54) is 20.8 Å². The van der Waals surface area contributed by atoms with Crippen molar-refractivity contribution in [2.45, 2.75) is 58.7 Å². The van der Waals surface area contributed by atoms with Gasteiger partial charge in [0.25, 0.3) is 0 Å². The molecule has 0 radical (unpaired) electrons. The number of carbonyl (C=O) groups excluding carboxylic acids is 4. The molecule has 1 rings (SSSR count). The smallest absolute Gasteiger partial charge is 0.305 e. The van der Waals surface area contributed by atoms with Gasteiger partial charge in [-0.2, -0.15) is 0 Å². The molecule has 1 aliphatic rings. The molecule has 4 atom stereocenters. The number of carbonyl (C=O) groups is 4. The summed E-state index contributed by atoms with van der Waals surface area (Å²) in [6.45, 7) is 4.64. The van der Waals surface area contributed by atoms with Crippen LogP contribution in [0.25, 0.3) is 0 Å². The lowest BCUT2D eigenvalue weighted by molar-refractivity contribution is -0.271. The Bertz CT molecular complexity index is 447. The summed E-state index contributed by atoms with van der Waals surface area (Å²) in [6.07, 6.45) is -3.83. The molecule has 0 bridgehead atoms. The van der Waals surface area contributed by atoms with Crippen molar-refractivity contribution < 1.29 is 42.9 Å². The minimum atomic E-state index is -1.27. The van der Waals surface area contributed by atoms with E-state index >= 15 is 0 Å². The van der Waals surface area contributed by atoms with Gasteiger partial charge in [-0.25, -0.2) is 0 Å². The molecule has 1 fully saturated rings. The second-order valence-electron chi connectivity index (χ2n) is 5.00. The van der Waals surface area contributed by atoms with E-state index in [1.807, 2.05) is 0 Å². The maximum atomic E-state index is 11.2. The van der Waals surface area contributed by atoms with E-state index in [0.717, 1.165) is 6.92 Å². The van der Waals surface area contributed by atoms with Crippen LogP contribution in [0, 0.1) is 0 Å². The van der Waals surface area contributed by atoms with Crippen LogP contribution >= 0.6 is 0 Å². The van der Waals surface area contributed by atoms with Crippen LogP contribution < -0.4 is 0 Å². The molecule has 0 aromatic rings. The molecule has 1 unspecified atom stereocenters. The first-order valence-electron chi connectivity index (χ1n) is 6.99. The maximum Gasteiger partial charge on any atom is 0.305 e. The fourth-order valence-electron chi connectivity index (χ4n) is 2.12. The largest absolute Gasteiger partial charge is 0.463 e.